The SMILES string of the molecule is CCN1CCCn2cc(S(=O)(=O)Nc3ccccc3F)cc2C1=O. The van der Waals surface area contributed by atoms with Crippen LogP contribution >= 0.6 is 0 Å². The van der Waals surface area contributed by atoms with Gasteiger partial charge in [0, 0.05) is 25.8 Å². The lowest BCUT2D eigenvalue weighted by Crippen LogP contribution is -2.30. The standard InChI is InChI=1S/C16H18FN3O3S/c1-2-19-8-5-9-20-11-12(10-15(20)16(19)21)24(22,23)18-14-7-4-3-6-13(14)17/h3-4,6-7,10-11,18H,2,5,8-9H2,1H3. The summed E-state index contributed by atoms with van der Waals surface area (Å²) in [6.45, 7) is 3.66. The lowest BCUT2D eigenvalue weighted by atomic mass is 10.3. The van der Waals surface area contributed by atoms with Crippen LogP contribution in [0.5, 0.6) is 0 Å². The fourth-order valence-electron chi connectivity index (χ4n) is 2.74. The number of sulfonamides is 1. The van der Waals surface area contributed by atoms with Crippen LogP contribution in [-0.2, 0) is 16.6 Å². The number of halogens is 1. The maximum Gasteiger partial charge on any atom is 0.270 e. The summed E-state index contributed by atoms with van der Waals surface area (Å²) in [5.41, 5.74) is 0.212. The zero-order valence-electron chi connectivity index (χ0n) is 13.2. The number of anilines is 1. The smallest absolute Gasteiger partial charge is 0.270 e. The third-order valence-electron chi connectivity index (χ3n) is 4.02. The Balaban J connectivity index is 1.95. The van der Waals surface area contributed by atoms with E-state index >= 15 is 0 Å². The van der Waals surface area contributed by atoms with Crippen molar-refractivity contribution in [3.8, 4) is 0 Å². The highest BCUT2D eigenvalue weighted by Gasteiger charge is 2.26. The van der Waals surface area contributed by atoms with Gasteiger partial charge in [0.1, 0.15) is 16.4 Å². The summed E-state index contributed by atoms with van der Waals surface area (Å²) in [5.74, 6) is -0.850. The lowest BCUT2D eigenvalue weighted by Gasteiger charge is -2.17. The van der Waals surface area contributed by atoms with Gasteiger partial charge in [-0.2, -0.15) is 0 Å². The molecule has 8 heteroatoms. The summed E-state index contributed by atoms with van der Waals surface area (Å²) in [6.07, 6.45) is 2.18. The lowest BCUT2D eigenvalue weighted by molar-refractivity contribution is 0.0766. The van der Waals surface area contributed by atoms with Gasteiger partial charge in [0.05, 0.1) is 5.69 Å². The van der Waals surface area contributed by atoms with Crippen LogP contribution in [0.25, 0.3) is 0 Å². The molecule has 1 aliphatic rings. The Labute approximate surface area is 139 Å². The molecule has 1 N–H and O–H groups in total. The van der Waals surface area contributed by atoms with Crippen LogP contribution in [0, 0.1) is 5.82 Å². The monoisotopic (exact) mass is 351 g/mol. The van der Waals surface area contributed by atoms with Gasteiger partial charge in [0.15, 0.2) is 0 Å². The summed E-state index contributed by atoms with van der Waals surface area (Å²) in [4.78, 5) is 14.1. The second kappa shape index (κ2) is 6.27. The number of aromatic nitrogens is 1. The van der Waals surface area contributed by atoms with Crippen molar-refractivity contribution in [3.63, 3.8) is 0 Å². The summed E-state index contributed by atoms with van der Waals surface area (Å²) >= 11 is 0. The molecule has 0 unspecified atom stereocenters. The first-order chi connectivity index (χ1) is 11.4. The molecule has 1 aliphatic heterocycles. The Bertz CT molecular complexity index is 876. The molecule has 0 spiro atoms. The Hall–Kier alpha value is -2.35. The molecule has 2 heterocycles. The van der Waals surface area contributed by atoms with Gasteiger partial charge in [-0.15, -0.1) is 0 Å². The van der Waals surface area contributed by atoms with Crippen LogP contribution in [-0.4, -0.2) is 36.9 Å². The zero-order chi connectivity index (χ0) is 17.3. The minimum atomic E-state index is -3.97. The average molecular weight is 351 g/mol. The molecule has 0 radical (unpaired) electrons. The maximum absolute atomic E-state index is 13.7. The second-order valence-electron chi connectivity index (χ2n) is 5.58. The van der Waals surface area contributed by atoms with Crippen molar-refractivity contribution in [3.05, 3.63) is 48.0 Å². The average Bonchev–Trinajstić information content (AvgIpc) is 2.92. The summed E-state index contributed by atoms with van der Waals surface area (Å²) in [6, 6.07) is 6.89. The maximum atomic E-state index is 13.7. The number of benzene rings is 1. The zero-order valence-corrected chi connectivity index (χ0v) is 14.0. The second-order valence-corrected chi connectivity index (χ2v) is 7.26. The van der Waals surface area contributed by atoms with Crippen molar-refractivity contribution in [1.29, 1.82) is 0 Å². The Morgan fingerprint density at radius 1 is 1.25 bits per heavy atom. The molecule has 0 bridgehead atoms. The van der Waals surface area contributed by atoms with Crippen molar-refractivity contribution in [1.82, 2.24) is 9.47 Å². The number of carbonyl (C=O) groups excluding carboxylic acids is 1. The van der Waals surface area contributed by atoms with Crippen molar-refractivity contribution in [2.45, 2.75) is 24.8 Å². The summed E-state index contributed by atoms with van der Waals surface area (Å²) in [7, 11) is -3.97. The van der Waals surface area contributed by atoms with Crippen LogP contribution in [0.3, 0.4) is 0 Å². The van der Waals surface area contributed by atoms with E-state index in [9.17, 15) is 17.6 Å². The number of para-hydroxylation sites is 1. The molecule has 0 saturated carbocycles. The fourth-order valence-corrected chi connectivity index (χ4v) is 3.85. The normalized spacial score (nSPS) is 15.1. The molecule has 0 saturated heterocycles. The van der Waals surface area contributed by atoms with E-state index < -0.39 is 15.8 Å². The van der Waals surface area contributed by atoms with Gasteiger partial charge in [-0.1, -0.05) is 12.1 Å². The molecule has 24 heavy (non-hydrogen) atoms. The first kappa shape index (κ1) is 16.5. The Morgan fingerprint density at radius 2 is 2.00 bits per heavy atom. The first-order valence-electron chi connectivity index (χ1n) is 7.69. The molecule has 0 aliphatic carbocycles. The molecular weight excluding hydrogens is 333 g/mol. The molecule has 1 aromatic carbocycles. The van der Waals surface area contributed by atoms with Gasteiger partial charge in [-0.3, -0.25) is 9.52 Å². The van der Waals surface area contributed by atoms with Crippen molar-refractivity contribution < 1.29 is 17.6 Å². The topological polar surface area (TPSA) is 71.4 Å². The number of rotatable bonds is 4. The van der Waals surface area contributed by atoms with Crippen molar-refractivity contribution >= 4 is 21.6 Å². The largest absolute Gasteiger partial charge is 0.342 e. The third kappa shape index (κ3) is 3.01. The van der Waals surface area contributed by atoms with Crippen LogP contribution in [0.2, 0.25) is 0 Å². The van der Waals surface area contributed by atoms with E-state index in [-0.39, 0.29) is 16.5 Å². The summed E-state index contributed by atoms with van der Waals surface area (Å²) in [5, 5.41) is 0. The van der Waals surface area contributed by atoms with E-state index in [4.69, 9.17) is 0 Å². The number of amides is 1. The Kier molecular flexibility index (Phi) is 4.31. The Morgan fingerprint density at radius 3 is 2.71 bits per heavy atom. The minimum absolute atomic E-state index is 0.0490. The van der Waals surface area contributed by atoms with E-state index in [2.05, 4.69) is 4.72 Å². The predicted octanol–water partition coefficient (Wildman–Crippen LogP) is 2.29. The molecule has 0 fully saturated rings. The van der Waals surface area contributed by atoms with Gasteiger partial charge in [-0.05, 0) is 31.5 Å². The van der Waals surface area contributed by atoms with Crippen LogP contribution in [0.1, 0.15) is 23.8 Å². The number of nitrogens with zero attached hydrogens (tertiary/aromatic N) is 2. The number of nitrogens with one attached hydrogen (secondary N) is 1. The van der Waals surface area contributed by atoms with E-state index in [1.807, 2.05) is 6.92 Å². The molecule has 0 atom stereocenters. The molecular formula is C16H18FN3O3S. The quantitative estimate of drug-likeness (QED) is 0.919. The van der Waals surface area contributed by atoms with Crippen molar-refractivity contribution in [2.75, 3.05) is 17.8 Å². The number of carbonyl (C=O) groups is 1. The van der Waals surface area contributed by atoms with Gasteiger partial charge in [0.25, 0.3) is 15.9 Å². The van der Waals surface area contributed by atoms with Crippen LogP contribution in [0.15, 0.2) is 41.4 Å². The third-order valence-corrected chi connectivity index (χ3v) is 5.35. The summed E-state index contributed by atoms with van der Waals surface area (Å²) < 4.78 is 42.6. The molecule has 6 nitrogen and oxygen atoms in total. The van der Waals surface area contributed by atoms with E-state index in [0.717, 1.165) is 6.42 Å². The molecule has 1 amide bonds. The highest BCUT2D eigenvalue weighted by atomic mass is 32.2. The highest BCUT2D eigenvalue weighted by Crippen LogP contribution is 2.23. The van der Waals surface area contributed by atoms with Crippen molar-refractivity contribution in [2.24, 2.45) is 0 Å². The van der Waals surface area contributed by atoms with E-state index in [1.165, 1.54) is 30.5 Å². The van der Waals surface area contributed by atoms with Gasteiger partial charge < -0.3 is 9.47 Å². The number of fused-ring (bicyclic) bond motifs is 1. The number of hydrogen-bond donors (Lipinski definition) is 1. The van der Waals surface area contributed by atoms with Gasteiger partial charge >= 0.3 is 0 Å². The molecule has 2 aromatic rings. The van der Waals surface area contributed by atoms with Gasteiger partial charge in [-0.25, -0.2) is 12.8 Å². The highest BCUT2D eigenvalue weighted by molar-refractivity contribution is 7.92. The van der Waals surface area contributed by atoms with Gasteiger partial charge in [0.2, 0.25) is 0 Å². The predicted molar refractivity (Wildman–Crippen MR) is 87.8 cm³/mol. The number of hydrogen-bond acceptors (Lipinski definition) is 3. The first-order valence-corrected chi connectivity index (χ1v) is 9.17. The van der Waals surface area contributed by atoms with Crippen LogP contribution < -0.4 is 4.72 Å². The minimum Gasteiger partial charge on any atom is -0.342 e. The van der Waals surface area contributed by atoms with E-state index in [1.54, 1.807) is 15.5 Å². The fraction of sp³-hybridized carbons (Fsp3) is 0.312. The van der Waals surface area contributed by atoms with Crippen LogP contribution in [0.4, 0.5) is 10.1 Å². The molecule has 1 aromatic heterocycles. The van der Waals surface area contributed by atoms with E-state index in [0.29, 0.717) is 25.3 Å². The molecule has 128 valence electrons. The molecule has 3 rings (SSSR count). The number of aryl methyl sites for hydroxylation is 1.